The van der Waals surface area contributed by atoms with Gasteiger partial charge < -0.3 is 19.3 Å². The van der Waals surface area contributed by atoms with Gasteiger partial charge in [-0.2, -0.15) is 4.98 Å². The quantitative estimate of drug-likeness (QED) is 0.623. The van der Waals surface area contributed by atoms with Crippen LogP contribution < -0.4 is 9.80 Å². The molecule has 196 valence electrons. The van der Waals surface area contributed by atoms with E-state index >= 15 is 0 Å². The number of alkyl halides is 2. The highest BCUT2D eigenvalue weighted by molar-refractivity contribution is 7.91. The van der Waals surface area contributed by atoms with Crippen molar-refractivity contribution >= 4 is 27.5 Å². The molecule has 2 unspecified atom stereocenters. The number of halogens is 2. The van der Waals surface area contributed by atoms with Crippen LogP contribution in [0.5, 0.6) is 0 Å². The van der Waals surface area contributed by atoms with E-state index in [9.17, 15) is 27.1 Å². The van der Waals surface area contributed by atoms with Gasteiger partial charge in [-0.15, -0.1) is 0 Å². The minimum Gasteiger partial charge on any atom is -0.481 e. The lowest BCUT2D eigenvalue weighted by Gasteiger charge is -2.30. The molecule has 0 spiro atoms. The van der Waals surface area contributed by atoms with Crippen LogP contribution in [-0.2, 0) is 14.6 Å². The third-order valence-electron chi connectivity index (χ3n) is 7.68. The Morgan fingerprint density at radius 3 is 2.28 bits per heavy atom. The molecular formula is C25H31F2N3O5S. The summed E-state index contributed by atoms with van der Waals surface area (Å²) in [5, 5.41) is 9.86. The number of carbonyl (C=O) groups is 1. The molecule has 1 aromatic carbocycles. The SMILES string of the molecule is O=C(O)C1CCCCC1c1oc(N2CCC(F)(F)CC2)nc1-c1ccc(N2CCS(=O)(=O)CC2)cc1. The first-order chi connectivity index (χ1) is 17.1. The van der Waals surface area contributed by atoms with Crippen molar-refractivity contribution in [2.75, 3.05) is 47.5 Å². The van der Waals surface area contributed by atoms with E-state index in [0.29, 0.717) is 37.4 Å². The smallest absolute Gasteiger partial charge is 0.307 e. The topological polar surface area (TPSA) is 104 Å². The van der Waals surface area contributed by atoms with Crippen LogP contribution in [0.15, 0.2) is 28.7 Å². The van der Waals surface area contributed by atoms with E-state index in [1.165, 1.54) is 0 Å². The van der Waals surface area contributed by atoms with Gasteiger partial charge in [0.25, 0.3) is 11.9 Å². The van der Waals surface area contributed by atoms with Gasteiger partial charge in [0.1, 0.15) is 11.5 Å². The van der Waals surface area contributed by atoms with Crippen LogP contribution in [0.25, 0.3) is 11.3 Å². The van der Waals surface area contributed by atoms with Crippen LogP contribution in [0.1, 0.15) is 50.2 Å². The molecule has 5 rings (SSSR count). The van der Waals surface area contributed by atoms with Crippen molar-refractivity contribution in [1.82, 2.24) is 4.98 Å². The van der Waals surface area contributed by atoms with Gasteiger partial charge in [0, 0.05) is 56.2 Å². The average Bonchev–Trinajstić information content (AvgIpc) is 3.29. The Hall–Kier alpha value is -2.69. The van der Waals surface area contributed by atoms with Crippen LogP contribution in [0.3, 0.4) is 0 Å². The summed E-state index contributed by atoms with van der Waals surface area (Å²) >= 11 is 0. The third kappa shape index (κ3) is 5.21. The van der Waals surface area contributed by atoms with Crippen LogP contribution in [0.2, 0.25) is 0 Å². The maximum atomic E-state index is 13.7. The Balaban J connectivity index is 1.46. The molecule has 3 fully saturated rings. The van der Waals surface area contributed by atoms with Crippen molar-refractivity contribution in [3.05, 3.63) is 30.0 Å². The molecule has 2 aromatic rings. The van der Waals surface area contributed by atoms with Gasteiger partial charge in [0.15, 0.2) is 9.84 Å². The highest BCUT2D eigenvalue weighted by atomic mass is 32.2. The Kier molecular flexibility index (Phi) is 6.69. The molecule has 11 heteroatoms. The maximum Gasteiger partial charge on any atom is 0.307 e. The molecule has 3 aliphatic rings. The molecular weight excluding hydrogens is 492 g/mol. The third-order valence-corrected chi connectivity index (χ3v) is 9.29. The second-order valence-corrected chi connectivity index (χ2v) is 12.4. The Morgan fingerprint density at radius 2 is 1.64 bits per heavy atom. The molecule has 2 saturated heterocycles. The number of aliphatic carboxylic acids is 1. The first-order valence-electron chi connectivity index (χ1n) is 12.5. The minimum atomic E-state index is -2.98. The Morgan fingerprint density at radius 1 is 1.00 bits per heavy atom. The van der Waals surface area contributed by atoms with Crippen molar-refractivity contribution in [3.63, 3.8) is 0 Å². The van der Waals surface area contributed by atoms with Crippen molar-refractivity contribution in [3.8, 4) is 11.3 Å². The highest BCUT2D eigenvalue weighted by Crippen LogP contribution is 2.44. The van der Waals surface area contributed by atoms with Gasteiger partial charge >= 0.3 is 5.97 Å². The van der Waals surface area contributed by atoms with Gasteiger partial charge in [0.05, 0.1) is 17.4 Å². The van der Waals surface area contributed by atoms with E-state index in [4.69, 9.17) is 9.40 Å². The zero-order valence-corrected chi connectivity index (χ0v) is 20.9. The summed E-state index contributed by atoms with van der Waals surface area (Å²) in [6.45, 7) is 1.11. The standard InChI is InChI=1S/C25H31F2N3O5S/c26-25(27)9-11-30(12-10-25)24-28-21(22(35-24)19-3-1-2-4-20(19)23(31)32)17-5-7-18(8-6-17)29-13-15-36(33,34)16-14-29/h5-8,19-20H,1-4,9-16H2,(H,31,32). The molecule has 1 aromatic heterocycles. The molecule has 1 saturated carbocycles. The number of hydrogen-bond donors (Lipinski definition) is 1. The van der Waals surface area contributed by atoms with Gasteiger partial charge in [-0.3, -0.25) is 4.79 Å². The average molecular weight is 524 g/mol. The lowest BCUT2D eigenvalue weighted by atomic mass is 9.77. The molecule has 36 heavy (non-hydrogen) atoms. The summed E-state index contributed by atoms with van der Waals surface area (Å²) in [7, 11) is -2.98. The first kappa shape index (κ1) is 25.0. The molecule has 2 aliphatic heterocycles. The second kappa shape index (κ2) is 9.64. The van der Waals surface area contributed by atoms with Gasteiger partial charge in [-0.25, -0.2) is 17.2 Å². The summed E-state index contributed by atoms with van der Waals surface area (Å²) in [6, 6.07) is 7.83. The van der Waals surface area contributed by atoms with E-state index in [2.05, 4.69) is 0 Å². The van der Waals surface area contributed by atoms with Crippen molar-refractivity contribution in [1.29, 1.82) is 0 Å². The van der Waals surface area contributed by atoms with E-state index in [0.717, 1.165) is 24.1 Å². The highest BCUT2D eigenvalue weighted by Gasteiger charge is 2.39. The summed E-state index contributed by atoms with van der Waals surface area (Å²) in [6.07, 6.45) is 2.39. The van der Waals surface area contributed by atoms with Crippen LogP contribution in [0.4, 0.5) is 20.5 Å². The molecule has 0 amide bonds. The number of piperidine rings is 1. The normalized spacial score (nSPS) is 26.1. The number of anilines is 2. The van der Waals surface area contributed by atoms with Gasteiger partial charge in [0.2, 0.25) is 0 Å². The zero-order valence-electron chi connectivity index (χ0n) is 20.0. The van der Waals surface area contributed by atoms with Crippen LogP contribution in [-0.4, -0.2) is 68.1 Å². The van der Waals surface area contributed by atoms with Gasteiger partial charge in [-0.05, 0) is 25.0 Å². The zero-order chi connectivity index (χ0) is 25.5. The number of oxazole rings is 1. The predicted octanol–water partition coefficient (Wildman–Crippen LogP) is 4.17. The largest absolute Gasteiger partial charge is 0.481 e. The fraction of sp³-hybridized carbons (Fsp3) is 0.600. The van der Waals surface area contributed by atoms with E-state index in [1.807, 2.05) is 29.2 Å². The van der Waals surface area contributed by atoms with E-state index < -0.39 is 27.6 Å². The molecule has 0 radical (unpaired) electrons. The van der Waals surface area contributed by atoms with E-state index in [1.54, 1.807) is 4.90 Å². The van der Waals surface area contributed by atoms with Gasteiger partial charge in [-0.1, -0.05) is 25.0 Å². The Bertz CT molecular complexity index is 1190. The summed E-state index contributed by atoms with van der Waals surface area (Å²) in [4.78, 5) is 20.5. The minimum absolute atomic E-state index is 0.121. The van der Waals surface area contributed by atoms with Crippen LogP contribution in [0, 0.1) is 5.92 Å². The van der Waals surface area contributed by atoms with E-state index in [-0.39, 0.29) is 49.4 Å². The van der Waals surface area contributed by atoms with Crippen molar-refractivity contribution in [2.24, 2.45) is 5.92 Å². The van der Waals surface area contributed by atoms with Crippen molar-refractivity contribution < 1.29 is 31.5 Å². The number of hydrogen-bond acceptors (Lipinski definition) is 7. The second-order valence-electron chi connectivity index (χ2n) is 10.1. The summed E-state index contributed by atoms with van der Waals surface area (Å²) in [5.41, 5.74) is 2.21. The monoisotopic (exact) mass is 523 g/mol. The molecule has 1 aliphatic carbocycles. The predicted molar refractivity (Wildman–Crippen MR) is 132 cm³/mol. The lowest BCUT2D eigenvalue weighted by Crippen LogP contribution is -2.40. The molecule has 1 N–H and O–H groups in total. The number of benzene rings is 1. The summed E-state index contributed by atoms with van der Waals surface area (Å²) < 4.78 is 57.2. The number of aromatic nitrogens is 1. The number of nitrogens with zero attached hydrogens (tertiary/aromatic N) is 3. The first-order valence-corrected chi connectivity index (χ1v) is 14.4. The molecule has 2 atom stereocenters. The number of carboxylic acids is 1. The molecule has 8 nitrogen and oxygen atoms in total. The fourth-order valence-electron chi connectivity index (χ4n) is 5.48. The number of rotatable bonds is 5. The van der Waals surface area contributed by atoms with Crippen LogP contribution >= 0.6 is 0 Å². The number of sulfone groups is 1. The summed E-state index contributed by atoms with van der Waals surface area (Å²) in [5.74, 6) is -3.74. The maximum absolute atomic E-state index is 13.7. The molecule has 0 bridgehead atoms. The number of carboxylic acid groups (broad SMARTS) is 1. The Labute approximate surface area is 209 Å². The molecule has 3 heterocycles. The fourth-order valence-corrected chi connectivity index (χ4v) is 6.68. The van der Waals surface area contributed by atoms with Crippen molar-refractivity contribution in [2.45, 2.75) is 50.4 Å². The lowest BCUT2D eigenvalue weighted by molar-refractivity contribution is -0.143.